The van der Waals surface area contributed by atoms with Gasteiger partial charge < -0.3 is 10.1 Å². The SMILES string of the molecule is Cc1cccc2[nH]cc(C(C)n3c(=O)n(C(CC(=O)O)c4ccccc4)c4nc(C(C)C)ncc43)c12. The van der Waals surface area contributed by atoms with Crippen LogP contribution in [0.3, 0.4) is 0 Å². The van der Waals surface area contributed by atoms with Crippen molar-refractivity contribution < 1.29 is 9.90 Å². The molecule has 3 heterocycles. The number of aromatic nitrogens is 5. The normalized spacial score (nSPS) is 13.5. The fourth-order valence-corrected chi connectivity index (χ4v) is 5.04. The first-order chi connectivity index (χ1) is 17.3. The van der Waals surface area contributed by atoms with Crippen LogP contribution in [0, 0.1) is 6.92 Å². The molecule has 0 aliphatic rings. The average molecular weight is 484 g/mol. The van der Waals surface area contributed by atoms with E-state index in [0.717, 1.165) is 27.6 Å². The number of nitrogens with one attached hydrogen (secondary N) is 1. The molecule has 8 nitrogen and oxygen atoms in total. The Labute approximate surface area is 208 Å². The maximum atomic E-state index is 14.2. The smallest absolute Gasteiger partial charge is 0.331 e. The Balaban J connectivity index is 1.80. The topological polar surface area (TPSA) is 106 Å². The van der Waals surface area contributed by atoms with Gasteiger partial charge in [-0.15, -0.1) is 0 Å². The summed E-state index contributed by atoms with van der Waals surface area (Å²) in [6, 6.07) is 14.3. The summed E-state index contributed by atoms with van der Waals surface area (Å²) < 4.78 is 3.22. The number of aliphatic carboxylic acids is 1. The summed E-state index contributed by atoms with van der Waals surface area (Å²) >= 11 is 0. The van der Waals surface area contributed by atoms with E-state index in [1.54, 1.807) is 10.8 Å². The predicted octanol–water partition coefficient (Wildman–Crippen LogP) is 5.18. The second-order valence-electron chi connectivity index (χ2n) is 9.56. The molecule has 0 saturated heterocycles. The van der Waals surface area contributed by atoms with Crippen molar-refractivity contribution in [3.05, 3.63) is 93.9 Å². The van der Waals surface area contributed by atoms with Crippen LogP contribution in [-0.2, 0) is 4.79 Å². The van der Waals surface area contributed by atoms with Gasteiger partial charge in [0.1, 0.15) is 11.3 Å². The van der Waals surface area contributed by atoms with Crippen LogP contribution in [0.2, 0.25) is 0 Å². The molecular weight excluding hydrogens is 454 g/mol. The number of rotatable bonds is 7. The third-order valence-electron chi connectivity index (χ3n) is 6.83. The lowest BCUT2D eigenvalue weighted by Crippen LogP contribution is -2.31. The minimum Gasteiger partial charge on any atom is -0.481 e. The van der Waals surface area contributed by atoms with Crippen molar-refractivity contribution >= 4 is 28.0 Å². The highest BCUT2D eigenvalue weighted by Gasteiger charge is 2.29. The highest BCUT2D eigenvalue weighted by atomic mass is 16.4. The molecule has 0 aliphatic carbocycles. The third kappa shape index (κ3) is 3.88. The molecule has 36 heavy (non-hydrogen) atoms. The highest BCUT2D eigenvalue weighted by Crippen LogP contribution is 2.32. The first-order valence-corrected chi connectivity index (χ1v) is 12.1. The Morgan fingerprint density at radius 2 is 1.81 bits per heavy atom. The maximum Gasteiger partial charge on any atom is 0.331 e. The first kappa shape index (κ1) is 23.5. The fourth-order valence-electron chi connectivity index (χ4n) is 5.04. The lowest BCUT2D eigenvalue weighted by molar-refractivity contribution is -0.137. The second-order valence-corrected chi connectivity index (χ2v) is 9.56. The predicted molar refractivity (Wildman–Crippen MR) is 140 cm³/mol. The number of fused-ring (bicyclic) bond motifs is 2. The van der Waals surface area contributed by atoms with Gasteiger partial charge in [-0.1, -0.05) is 56.3 Å². The molecule has 0 aliphatic heterocycles. The second kappa shape index (κ2) is 9.11. The zero-order valence-electron chi connectivity index (χ0n) is 20.8. The number of carboxylic acid groups (broad SMARTS) is 1. The standard InChI is InChI=1S/C28H29N5O3/c1-16(2)26-30-15-23-27(31-26)33(22(13-24(34)35)19-10-6-5-7-11-19)28(36)32(23)18(4)20-14-29-21-12-8-9-17(3)25(20)21/h5-12,14-16,18,22,29H,13H2,1-4H3,(H,34,35). The van der Waals surface area contributed by atoms with Crippen LogP contribution in [-0.4, -0.2) is 35.2 Å². The molecule has 3 aromatic heterocycles. The number of imidazole rings is 1. The molecule has 0 spiro atoms. The Morgan fingerprint density at radius 1 is 1.06 bits per heavy atom. The number of nitrogens with zero attached hydrogens (tertiary/aromatic N) is 4. The van der Waals surface area contributed by atoms with Crippen molar-refractivity contribution in [3.63, 3.8) is 0 Å². The number of aryl methyl sites for hydroxylation is 1. The van der Waals surface area contributed by atoms with Crippen molar-refractivity contribution in [1.82, 2.24) is 24.1 Å². The number of H-pyrrole nitrogens is 1. The maximum absolute atomic E-state index is 14.2. The molecule has 5 rings (SSSR count). The van der Waals surface area contributed by atoms with Gasteiger partial charge in [0.2, 0.25) is 0 Å². The quantitative estimate of drug-likeness (QED) is 0.332. The molecular formula is C28H29N5O3. The summed E-state index contributed by atoms with van der Waals surface area (Å²) in [4.78, 5) is 38.8. The van der Waals surface area contributed by atoms with Crippen LogP contribution in [0.25, 0.3) is 22.1 Å². The highest BCUT2D eigenvalue weighted by molar-refractivity contribution is 5.87. The third-order valence-corrected chi connectivity index (χ3v) is 6.83. The van der Waals surface area contributed by atoms with Crippen LogP contribution in [0.15, 0.2) is 65.7 Å². The van der Waals surface area contributed by atoms with Crippen LogP contribution in [0.1, 0.15) is 67.7 Å². The summed E-state index contributed by atoms with van der Waals surface area (Å²) in [5.41, 5.74) is 4.53. The molecule has 5 aromatic rings. The van der Waals surface area contributed by atoms with Gasteiger partial charge in [0.15, 0.2) is 5.65 Å². The van der Waals surface area contributed by atoms with E-state index < -0.39 is 12.0 Å². The Kier molecular flexibility index (Phi) is 5.96. The van der Waals surface area contributed by atoms with Crippen molar-refractivity contribution in [1.29, 1.82) is 0 Å². The van der Waals surface area contributed by atoms with Gasteiger partial charge in [0.25, 0.3) is 0 Å². The lowest BCUT2D eigenvalue weighted by Gasteiger charge is -2.17. The summed E-state index contributed by atoms with van der Waals surface area (Å²) in [5, 5.41) is 10.8. The minimum atomic E-state index is -0.991. The van der Waals surface area contributed by atoms with Crippen LogP contribution < -0.4 is 5.69 Å². The van der Waals surface area contributed by atoms with E-state index in [4.69, 9.17) is 4.98 Å². The number of benzene rings is 2. The average Bonchev–Trinajstić information content (AvgIpc) is 3.42. The van der Waals surface area contributed by atoms with Gasteiger partial charge in [-0.3, -0.25) is 13.9 Å². The number of carbonyl (C=O) groups is 1. The van der Waals surface area contributed by atoms with Gasteiger partial charge in [-0.05, 0) is 31.0 Å². The van der Waals surface area contributed by atoms with Crippen molar-refractivity contribution in [2.45, 2.75) is 52.1 Å². The molecule has 0 radical (unpaired) electrons. The summed E-state index contributed by atoms with van der Waals surface area (Å²) in [7, 11) is 0. The van der Waals surface area contributed by atoms with E-state index >= 15 is 0 Å². The minimum absolute atomic E-state index is 0.0460. The lowest BCUT2D eigenvalue weighted by atomic mass is 10.0. The van der Waals surface area contributed by atoms with E-state index in [2.05, 4.69) is 23.0 Å². The summed E-state index contributed by atoms with van der Waals surface area (Å²) in [6.45, 7) is 8.01. The Hall–Kier alpha value is -4.20. The van der Waals surface area contributed by atoms with E-state index in [9.17, 15) is 14.7 Å². The molecule has 0 bridgehead atoms. The van der Waals surface area contributed by atoms with Gasteiger partial charge in [-0.25, -0.2) is 14.8 Å². The molecule has 0 amide bonds. The number of hydrogen-bond acceptors (Lipinski definition) is 4. The largest absolute Gasteiger partial charge is 0.481 e. The van der Waals surface area contributed by atoms with Gasteiger partial charge >= 0.3 is 11.7 Å². The van der Waals surface area contributed by atoms with Gasteiger partial charge in [0, 0.05) is 28.6 Å². The molecule has 2 N–H and O–H groups in total. The summed E-state index contributed by atoms with van der Waals surface area (Å²) in [5.74, 6) is -0.342. The van der Waals surface area contributed by atoms with Crippen molar-refractivity contribution in [3.8, 4) is 0 Å². The number of carboxylic acids is 1. The zero-order valence-corrected chi connectivity index (χ0v) is 20.8. The molecule has 8 heteroatoms. The monoisotopic (exact) mass is 483 g/mol. The number of aromatic amines is 1. The Bertz CT molecular complexity index is 1630. The van der Waals surface area contributed by atoms with Crippen LogP contribution in [0.4, 0.5) is 0 Å². The zero-order chi connectivity index (χ0) is 25.6. The molecule has 2 aromatic carbocycles. The van der Waals surface area contributed by atoms with Crippen LogP contribution >= 0.6 is 0 Å². The van der Waals surface area contributed by atoms with E-state index in [-0.39, 0.29) is 24.1 Å². The van der Waals surface area contributed by atoms with E-state index in [0.29, 0.717) is 17.0 Å². The van der Waals surface area contributed by atoms with E-state index in [1.165, 1.54) is 4.57 Å². The van der Waals surface area contributed by atoms with Crippen molar-refractivity contribution in [2.75, 3.05) is 0 Å². The van der Waals surface area contributed by atoms with Gasteiger partial charge in [-0.2, -0.15) is 0 Å². The first-order valence-electron chi connectivity index (χ1n) is 12.1. The number of hydrogen-bond donors (Lipinski definition) is 2. The molecule has 2 atom stereocenters. The van der Waals surface area contributed by atoms with E-state index in [1.807, 2.05) is 69.4 Å². The fraction of sp³-hybridized carbons (Fsp3) is 0.286. The molecule has 0 saturated carbocycles. The van der Waals surface area contributed by atoms with Crippen molar-refractivity contribution in [2.24, 2.45) is 0 Å². The Morgan fingerprint density at radius 3 is 2.50 bits per heavy atom. The molecule has 0 fully saturated rings. The summed E-state index contributed by atoms with van der Waals surface area (Å²) in [6.07, 6.45) is 3.38. The molecule has 184 valence electrons. The van der Waals surface area contributed by atoms with Crippen LogP contribution in [0.5, 0.6) is 0 Å². The van der Waals surface area contributed by atoms with Gasteiger partial charge in [0.05, 0.1) is 24.7 Å². The molecule has 2 unspecified atom stereocenters.